The highest BCUT2D eigenvalue weighted by Crippen LogP contribution is 2.08. The summed E-state index contributed by atoms with van der Waals surface area (Å²) in [5.41, 5.74) is 0.892. The zero-order valence-corrected chi connectivity index (χ0v) is 9.57. The Kier molecular flexibility index (Phi) is 4.04. The highest BCUT2D eigenvalue weighted by atomic mass is 16.2. The number of amides is 2. The lowest BCUT2D eigenvalue weighted by molar-refractivity contribution is -0.128. The molecule has 2 amide bonds. The van der Waals surface area contributed by atoms with E-state index >= 15 is 0 Å². The van der Waals surface area contributed by atoms with E-state index in [4.69, 9.17) is 0 Å². The van der Waals surface area contributed by atoms with E-state index in [2.05, 4.69) is 20.8 Å². The summed E-state index contributed by atoms with van der Waals surface area (Å²) in [6, 6.07) is -0.672. The Morgan fingerprint density at radius 2 is 2.06 bits per heavy atom. The number of hydrogen-bond donors (Lipinski definition) is 3. The van der Waals surface area contributed by atoms with E-state index in [1.165, 1.54) is 6.92 Å². The van der Waals surface area contributed by atoms with E-state index in [0.717, 1.165) is 5.56 Å². The van der Waals surface area contributed by atoms with Crippen LogP contribution in [-0.2, 0) is 9.59 Å². The number of nitrogens with zero attached hydrogens (tertiary/aromatic N) is 1. The fourth-order valence-electron chi connectivity index (χ4n) is 1.29. The topological polar surface area (TPSA) is 86.9 Å². The van der Waals surface area contributed by atoms with Crippen LogP contribution >= 0.6 is 0 Å². The number of hydrogen-bond acceptors (Lipinski definition) is 3. The van der Waals surface area contributed by atoms with Gasteiger partial charge in [0, 0.05) is 18.7 Å². The van der Waals surface area contributed by atoms with Crippen LogP contribution in [0, 0.1) is 0 Å². The second kappa shape index (κ2) is 5.29. The van der Waals surface area contributed by atoms with Gasteiger partial charge >= 0.3 is 0 Å². The van der Waals surface area contributed by atoms with Gasteiger partial charge < -0.3 is 10.6 Å². The van der Waals surface area contributed by atoms with Crippen molar-refractivity contribution < 1.29 is 9.59 Å². The first-order valence-corrected chi connectivity index (χ1v) is 5.07. The molecule has 16 heavy (non-hydrogen) atoms. The SMILES string of the molecule is CC(=O)NC(C)C(=O)NC(C)c1cn[nH]c1. The lowest BCUT2D eigenvalue weighted by Gasteiger charge is -2.16. The van der Waals surface area contributed by atoms with Crippen LogP contribution in [0.4, 0.5) is 0 Å². The predicted molar refractivity (Wildman–Crippen MR) is 58.4 cm³/mol. The molecule has 0 spiro atoms. The van der Waals surface area contributed by atoms with E-state index in [1.54, 1.807) is 19.3 Å². The number of carbonyl (C=O) groups is 2. The zero-order chi connectivity index (χ0) is 12.1. The summed E-state index contributed by atoms with van der Waals surface area (Å²) in [6.45, 7) is 4.87. The lowest BCUT2D eigenvalue weighted by atomic mass is 10.2. The van der Waals surface area contributed by atoms with Crippen LogP contribution in [0.5, 0.6) is 0 Å². The molecule has 1 aromatic rings. The fourth-order valence-corrected chi connectivity index (χ4v) is 1.29. The van der Waals surface area contributed by atoms with Crippen molar-refractivity contribution in [1.82, 2.24) is 20.8 Å². The Labute approximate surface area is 93.8 Å². The fraction of sp³-hybridized carbons (Fsp3) is 0.500. The molecule has 88 valence electrons. The number of rotatable bonds is 4. The first-order chi connectivity index (χ1) is 7.50. The number of carbonyl (C=O) groups excluding carboxylic acids is 2. The van der Waals surface area contributed by atoms with Crippen LogP contribution in [0.2, 0.25) is 0 Å². The molecule has 1 aromatic heterocycles. The Morgan fingerprint density at radius 3 is 2.56 bits per heavy atom. The molecule has 0 bridgehead atoms. The largest absolute Gasteiger partial charge is 0.348 e. The maximum Gasteiger partial charge on any atom is 0.242 e. The molecule has 6 heteroatoms. The van der Waals surface area contributed by atoms with Gasteiger partial charge in [0.25, 0.3) is 0 Å². The van der Waals surface area contributed by atoms with Crippen LogP contribution < -0.4 is 10.6 Å². The van der Waals surface area contributed by atoms with Gasteiger partial charge in [-0.2, -0.15) is 5.10 Å². The maximum atomic E-state index is 11.6. The quantitative estimate of drug-likeness (QED) is 0.678. The standard InChI is InChI=1S/C10H16N4O2/c1-6(9-4-11-12-5-9)14-10(16)7(2)13-8(3)15/h4-7H,1-3H3,(H,11,12)(H,13,15)(H,14,16). The molecule has 0 fully saturated rings. The molecule has 0 aliphatic heterocycles. The zero-order valence-electron chi connectivity index (χ0n) is 9.57. The van der Waals surface area contributed by atoms with Crippen molar-refractivity contribution in [2.24, 2.45) is 0 Å². The summed E-state index contributed by atoms with van der Waals surface area (Å²) in [7, 11) is 0. The van der Waals surface area contributed by atoms with Crippen LogP contribution in [0.3, 0.4) is 0 Å². The van der Waals surface area contributed by atoms with Crippen LogP contribution in [0.1, 0.15) is 32.4 Å². The normalized spacial score (nSPS) is 13.9. The van der Waals surface area contributed by atoms with Gasteiger partial charge in [-0.25, -0.2) is 0 Å². The van der Waals surface area contributed by atoms with Gasteiger partial charge in [0.2, 0.25) is 11.8 Å². The highest BCUT2D eigenvalue weighted by molar-refractivity contribution is 5.86. The molecular weight excluding hydrogens is 208 g/mol. The molecule has 1 heterocycles. The summed E-state index contributed by atoms with van der Waals surface area (Å²) in [5, 5.41) is 11.8. The molecule has 2 unspecified atom stereocenters. The second-order valence-corrected chi connectivity index (χ2v) is 3.68. The smallest absolute Gasteiger partial charge is 0.242 e. The van der Waals surface area contributed by atoms with Crippen molar-refractivity contribution in [2.45, 2.75) is 32.9 Å². The summed E-state index contributed by atoms with van der Waals surface area (Å²) in [6.07, 6.45) is 3.36. The molecule has 6 nitrogen and oxygen atoms in total. The van der Waals surface area contributed by atoms with Gasteiger partial charge in [0.1, 0.15) is 6.04 Å². The molecule has 0 aromatic carbocycles. The summed E-state index contributed by atoms with van der Waals surface area (Å²) in [4.78, 5) is 22.4. The van der Waals surface area contributed by atoms with Gasteiger partial charge in [-0.15, -0.1) is 0 Å². The minimum atomic E-state index is -0.535. The van der Waals surface area contributed by atoms with Crippen molar-refractivity contribution >= 4 is 11.8 Å². The molecule has 0 saturated carbocycles. The van der Waals surface area contributed by atoms with Crippen LogP contribution in [0.25, 0.3) is 0 Å². The van der Waals surface area contributed by atoms with Crippen molar-refractivity contribution in [3.63, 3.8) is 0 Å². The van der Waals surface area contributed by atoms with Gasteiger partial charge in [0.15, 0.2) is 0 Å². The predicted octanol–water partition coefficient (Wildman–Crippen LogP) is 0.112. The third-order valence-corrected chi connectivity index (χ3v) is 2.19. The van der Waals surface area contributed by atoms with E-state index in [0.29, 0.717) is 0 Å². The van der Waals surface area contributed by atoms with Gasteiger partial charge in [0.05, 0.1) is 12.2 Å². The van der Waals surface area contributed by atoms with Crippen LogP contribution in [0.15, 0.2) is 12.4 Å². The highest BCUT2D eigenvalue weighted by Gasteiger charge is 2.16. The van der Waals surface area contributed by atoms with Crippen molar-refractivity contribution in [3.05, 3.63) is 18.0 Å². The Bertz CT molecular complexity index is 361. The number of aromatic nitrogens is 2. The molecule has 0 radical (unpaired) electrons. The summed E-state index contributed by atoms with van der Waals surface area (Å²) >= 11 is 0. The van der Waals surface area contributed by atoms with Crippen molar-refractivity contribution in [1.29, 1.82) is 0 Å². The number of aromatic amines is 1. The average Bonchev–Trinajstić information content (AvgIpc) is 2.68. The van der Waals surface area contributed by atoms with E-state index < -0.39 is 6.04 Å². The molecule has 3 N–H and O–H groups in total. The van der Waals surface area contributed by atoms with Crippen LogP contribution in [-0.4, -0.2) is 28.1 Å². The molecule has 2 atom stereocenters. The first kappa shape index (κ1) is 12.2. The molecule has 0 aliphatic rings. The van der Waals surface area contributed by atoms with E-state index in [9.17, 15) is 9.59 Å². The van der Waals surface area contributed by atoms with E-state index in [-0.39, 0.29) is 17.9 Å². The third kappa shape index (κ3) is 3.38. The number of H-pyrrole nitrogens is 1. The first-order valence-electron chi connectivity index (χ1n) is 5.07. The van der Waals surface area contributed by atoms with Crippen molar-refractivity contribution in [2.75, 3.05) is 0 Å². The molecule has 1 rings (SSSR count). The van der Waals surface area contributed by atoms with Gasteiger partial charge in [-0.05, 0) is 13.8 Å². The van der Waals surface area contributed by atoms with Gasteiger partial charge in [-0.3, -0.25) is 14.7 Å². The Morgan fingerprint density at radius 1 is 1.38 bits per heavy atom. The lowest BCUT2D eigenvalue weighted by Crippen LogP contribution is -2.44. The monoisotopic (exact) mass is 224 g/mol. The Hall–Kier alpha value is -1.85. The summed E-state index contributed by atoms with van der Waals surface area (Å²) < 4.78 is 0. The minimum absolute atomic E-state index is 0.137. The van der Waals surface area contributed by atoms with Gasteiger partial charge in [-0.1, -0.05) is 0 Å². The average molecular weight is 224 g/mol. The Balaban J connectivity index is 2.48. The molecular formula is C10H16N4O2. The molecule has 0 saturated heterocycles. The second-order valence-electron chi connectivity index (χ2n) is 3.68. The number of nitrogens with one attached hydrogen (secondary N) is 3. The maximum absolute atomic E-state index is 11.6. The third-order valence-electron chi connectivity index (χ3n) is 2.19. The summed E-state index contributed by atoms with van der Waals surface area (Å²) in [5.74, 6) is -0.442. The van der Waals surface area contributed by atoms with Crippen molar-refractivity contribution in [3.8, 4) is 0 Å². The van der Waals surface area contributed by atoms with E-state index in [1.807, 2.05) is 6.92 Å². The molecule has 0 aliphatic carbocycles. The minimum Gasteiger partial charge on any atom is -0.348 e.